The van der Waals surface area contributed by atoms with Crippen molar-refractivity contribution in [3.05, 3.63) is 53.9 Å². The highest BCUT2D eigenvalue weighted by molar-refractivity contribution is 5.22. The molecule has 96 valence electrons. The van der Waals surface area contributed by atoms with E-state index in [0.29, 0.717) is 12.0 Å². The Morgan fingerprint density at radius 2 is 2.17 bits per heavy atom. The number of hydrogen-bond donors (Lipinski definition) is 1. The number of imidazole rings is 1. The maximum Gasteiger partial charge on any atom is 0.127 e. The summed E-state index contributed by atoms with van der Waals surface area (Å²) in [4.78, 5) is 4.33. The predicted octanol–water partition coefficient (Wildman–Crippen LogP) is 2.55. The number of likely N-dealkylation sites (N-methyl/N-ethyl adjacent to an activating group) is 1. The minimum Gasteiger partial charge on any atom is -0.335 e. The predicted molar refractivity (Wildman–Crippen MR) is 69.8 cm³/mol. The van der Waals surface area contributed by atoms with Crippen molar-refractivity contribution in [2.24, 2.45) is 0 Å². The van der Waals surface area contributed by atoms with E-state index in [9.17, 15) is 4.39 Å². The number of aryl methyl sites for hydroxylation is 1. The normalized spacial score (nSPS) is 12.6. The zero-order valence-electron chi connectivity index (χ0n) is 10.7. The molecule has 0 aliphatic heterocycles. The molecule has 0 bridgehead atoms. The molecule has 0 saturated heterocycles. The van der Waals surface area contributed by atoms with Gasteiger partial charge in [0, 0.05) is 37.0 Å². The van der Waals surface area contributed by atoms with Crippen molar-refractivity contribution in [1.82, 2.24) is 14.9 Å². The Kier molecular flexibility index (Phi) is 4.10. The van der Waals surface area contributed by atoms with Gasteiger partial charge in [0.1, 0.15) is 11.6 Å². The van der Waals surface area contributed by atoms with Crippen LogP contribution < -0.4 is 5.32 Å². The first-order valence-electron chi connectivity index (χ1n) is 6.18. The zero-order valence-corrected chi connectivity index (χ0v) is 10.7. The number of aromatic nitrogens is 2. The fourth-order valence-corrected chi connectivity index (χ4v) is 2.13. The van der Waals surface area contributed by atoms with Crippen LogP contribution in [0.1, 0.15) is 24.4 Å². The summed E-state index contributed by atoms with van der Waals surface area (Å²) in [6.07, 6.45) is 4.41. The van der Waals surface area contributed by atoms with Crippen LogP contribution >= 0.6 is 0 Å². The van der Waals surface area contributed by atoms with E-state index in [-0.39, 0.29) is 11.9 Å². The summed E-state index contributed by atoms with van der Waals surface area (Å²) in [6.45, 7) is 2.95. The monoisotopic (exact) mass is 247 g/mol. The average molecular weight is 247 g/mol. The molecule has 1 N–H and O–H groups in total. The van der Waals surface area contributed by atoms with Crippen molar-refractivity contribution >= 4 is 0 Å². The molecular weight excluding hydrogens is 229 g/mol. The third-order valence-electron chi connectivity index (χ3n) is 3.16. The standard InChI is InChI=1S/C14H18FN3/c1-3-18-9-8-17-14(18)10-13(16-2)11-6-4-5-7-12(11)15/h4-9,13,16H,3,10H2,1-2H3. The van der Waals surface area contributed by atoms with E-state index in [4.69, 9.17) is 0 Å². The molecule has 0 aliphatic rings. The maximum absolute atomic E-state index is 13.8. The van der Waals surface area contributed by atoms with E-state index in [1.807, 2.05) is 25.4 Å². The lowest BCUT2D eigenvalue weighted by Gasteiger charge is -2.17. The summed E-state index contributed by atoms with van der Waals surface area (Å²) in [5.41, 5.74) is 0.686. The van der Waals surface area contributed by atoms with E-state index < -0.39 is 0 Å². The first-order chi connectivity index (χ1) is 8.76. The van der Waals surface area contributed by atoms with Crippen LogP contribution in [0.3, 0.4) is 0 Å². The van der Waals surface area contributed by atoms with Gasteiger partial charge in [-0.25, -0.2) is 9.37 Å². The van der Waals surface area contributed by atoms with Crippen LogP contribution in [0.4, 0.5) is 4.39 Å². The second kappa shape index (κ2) is 5.78. The lowest BCUT2D eigenvalue weighted by atomic mass is 10.0. The largest absolute Gasteiger partial charge is 0.335 e. The lowest BCUT2D eigenvalue weighted by molar-refractivity contribution is 0.514. The van der Waals surface area contributed by atoms with Gasteiger partial charge in [0.15, 0.2) is 0 Å². The van der Waals surface area contributed by atoms with Crippen molar-refractivity contribution in [2.45, 2.75) is 25.9 Å². The molecule has 2 rings (SSSR count). The average Bonchev–Trinajstić information content (AvgIpc) is 2.84. The highest BCUT2D eigenvalue weighted by atomic mass is 19.1. The smallest absolute Gasteiger partial charge is 0.127 e. The van der Waals surface area contributed by atoms with E-state index in [2.05, 4.69) is 21.8 Å². The molecule has 1 heterocycles. The Hall–Kier alpha value is -1.68. The Bertz CT molecular complexity index is 507. The highest BCUT2D eigenvalue weighted by Gasteiger charge is 2.16. The summed E-state index contributed by atoms with van der Waals surface area (Å²) < 4.78 is 15.8. The molecule has 0 radical (unpaired) electrons. The molecule has 2 aromatic rings. The van der Waals surface area contributed by atoms with Crippen molar-refractivity contribution in [1.29, 1.82) is 0 Å². The van der Waals surface area contributed by atoms with Crippen LogP contribution in [0, 0.1) is 5.82 Å². The Balaban J connectivity index is 2.23. The van der Waals surface area contributed by atoms with Gasteiger partial charge in [-0.05, 0) is 20.0 Å². The van der Waals surface area contributed by atoms with Gasteiger partial charge >= 0.3 is 0 Å². The molecule has 0 aliphatic carbocycles. The van der Waals surface area contributed by atoms with Crippen molar-refractivity contribution < 1.29 is 4.39 Å². The molecule has 0 spiro atoms. The number of benzene rings is 1. The zero-order chi connectivity index (χ0) is 13.0. The molecule has 0 saturated carbocycles. The van der Waals surface area contributed by atoms with Crippen LogP contribution in [0.15, 0.2) is 36.7 Å². The topological polar surface area (TPSA) is 29.9 Å². The van der Waals surface area contributed by atoms with Gasteiger partial charge in [0.25, 0.3) is 0 Å². The molecule has 1 aromatic heterocycles. The third-order valence-corrected chi connectivity index (χ3v) is 3.16. The fraction of sp³-hybridized carbons (Fsp3) is 0.357. The number of halogens is 1. The first-order valence-corrected chi connectivity index (χ1v) is 6.18. The van der Waals surface area contributed by atoms with Gasteiger partial charge in [-0.1, -0.05) is 18.2 Å². The number of nitrogens with zero attached hydrogens (tertiary/aromatic N) is 2. The quantitative estimate of drug-likeness (QED) is 0.880. The summed E-state index contributed by atoms with van der Waals surface area (Å²) in [6, 6.07) is 6.81. The molecule has 1 aromatic carbocycles. The van der Waals surface area contributed by atoms with Crippen LogP contribution in [-0.2, 0) is 13.0 Å². The maximum atomic E-state index is 13.8. The number of nitrogens with one attached hydrogen (secondary N) is 1. The van der Waals surface area contributed by atoms with Gasteiger partial charge in [0.05, 0.1) is 0 Å². The molecule has 1 unspecified atom stereocenters. The molecule has 1 atom stereocenters. The minimum absolute atomic E-state index is 0.0566. The van der Waals surface area contributed by atoms with Crippen molar-refractivity contribution in [3.63, 3.8) is 0 Å². The minimum atomic E-state index is -0.175. The van der Waals surface area contributed by atoms with Gasteiger partial charge in [-0.3, -0.25) is 0 Å². The van der Waals surface area contributed by atoms with Crippen LogP contribution in [0.2, 0.25) is 0 Å². The van der Waals surface area contributed by atoms with Crippen LogP contribution in [-0.4, -0.2) is 16.6 Å². The van der Waals surface area contributed by atoms with E-state index in [1.54, 1.807) is 12.3 Å². The van der Waals surface area contributed by atoms with E-state index in [1.165, 1.54) is 6.07 Å². The van der Waals surface area contributed by atoms with Gasteiger partial charge in [0.2, 0.25) is 0 Å². The molecule has 0 amide bonds. The molecule has 3 nitrogen and oxygen atoms in total. The summed E-state index contributed by atoms with van der Waals surface area (Å²) in [5, 5.41) is 3.16. The second-order valence-electron chi connectivity index (χ2n) is 4.20. The molecule has 4 heteroatoms. The molecular formula is C14H18FN3. The van der Waals surface area contributed by atoms with E-state index in [0.717, 1.165) is 12.4 Å². The Morgan fingerprint density at radius 1 is 1.39 bits per heavy atom. The highest BCUT2D eigenvalue weighted by Crippen LogP contribution is 2.20. The van der Waals surface area contributed by atoms with Gasteiger partial charge < -0.3 is 9.88 Å². The number of rotatable bonds is 5. The molecule has 0 fully saturated rings. The summed E-state index contributed by atoms with van der Waals surface area (Å²) in [7, 11) is 1.84. The van der Waals surface area contributed by atoms with Gasteiger partial charge in [-0.2, -0.15) is 0 Å². The van der Waals surface area contributed by atoms with Crippen molar-refractivity contribution in [2.75, 3.05) is 7.05 Å². The van der Waals surface area contributed by atoms with Crippen LogP contribution in [0.25, 0.3) is 0 Å². The summed E-state index contributed by atoms with van der Waals surface area (Å²) >= 11 is 0. The van der Waals surface area contributed by atoms with E-state index >= 15 is 0 Å². The van der Waals surface area contributed by atoms with Crippen molar-refractivity contribution in [3.8, 4) is 0 Å². The third kappa shape index (κ3) is 2.59. The van der Waals surface area contributed by atoms with Gasteiger partial charge in [-0.15, -0.1) is 0 Å². The second-order valence-corrected chi connectivity index (χ2v) is 4.20. The fourth-order valence-electron chi connectivity index (χ4n) is 2.13. The Labute approximate surface area is 107 Å². The Morgan fingerprint density at radius 3 is 2.83 bits per heavy atom. The van der Waals surface area contributed by atoms with Crippen LogP contribution in [0.5, 0.6) is 0 Å². The number of hydrogen-bond acceptors (Lipinski definition) is 2. The SMILES string of the molecule is CCn1ccnc1CC(NC)c1ccccc1F. The molecule has 18 heavy (non-hydrogen) atoms. The first kappa shape index (κ1) is 12.8. The lowest BCUT2D eigenvalue weighted by Crippen LogP contribution is -2.21. The summed E-state index contributed by atoms with van der Waals surface area (Å²) in [5.74, 6) is 0.798.